The van der Waals surface area contributed by atoms with Gasteiger partial charge in [0.15, 0.2) is 0 Å². The monoisotopic (exact) mass is 587 g/mol. The van der Waals surface area contributed by atoms with Crippen LogP contribution in [0.15, 0.2) is 65.6 Å². The second-order valence-corrected chi connectivity index (χ2v) is 10.9. The molecule has 0 aliphatic heterocycles. The minimum atomic E-state index is -0.512. The molecule has 9 nitrogen and oxygen atoms in total. The molecule has 1 saturated carbocycles. The Kier molecular flexibility index (Phi) is 9.01. The van der Waals surface area contributed by atoms with Crippen LogP contribution in [0.2, 0.25) is 5.02 Å². The first kappa shape index (κ1) is 29.4. The number of rotatable bonds is 8. The molecule has 2 heterocycles. The van der Waals surface area contributed by atoms with Crippen LogP contribution < -0.4 is 20.9 Å². The third-order valence-electron chi connectivity index (χ3n) is 7.81. The van der Waals surface area contributed by atoms with Gasteiger partial charge >= 0.3 is 0 Å². The molecule has 1 unspecified atom stereocenters. The number of hydrogen-bond donors (Lipinski definition) is 3. The van der Waals surface area contributed by atoms with Crippen LogP contribution in [0, 0.1) is 6.92 Å². The van der Waals surface area contributed by atoms with E-state index in [4.69, 9.17) is 21.3 Å². The van der Waals surface area contributed by atoms with Crippen molar-refractivity contribution in [3.8, 4) is 28.3 Å². The number of nitrogens with zero attached hydrogens (tertiary/aromatic N) is 3. The fraction of sp³-hybridized carbons (Fsp3) is 0.312. The van der Waals surface area contributed by atoms with Crippen molar-refractivity contribution in [3.05, 3.63) is 92.9 Å². The average molecular weight is 588 g/mol. The van der Waals surface area contributed by atoms with E-state index < -0.39 is 11.5 Å². The fourth-order valence-corrected chi connectivity index (χ4v) is 5.71. The average Bonchev–Trinajstić information content (AvgIpc) is 2.99. The summed E-state index contributed by atoms with van der Waals surface area (Å²) >= 11 is 7.00. The summed E-state index contributed by atoms with van der Waals surface area (Å²) in [5.41, 5.74) is 4.81. The van der Waals surface area contributed by atoms with Gasteiger partial charge in [-0.1, -0.05) is 60.8 Å². The van der Waals surface area contributed by atoms with Crippen molar-refractivity contribution in [1.29, 1.82) is 0 Å². The predicted molar refractivity (Wildman–Crippen MR) is 164 cm³/mol. The van der Waals surface area contributed by atoms with Crippen LogP contribution in [0.1, 0.15) is 47.2 Å². The third-order valence-corrected chi connectivity index (χ3v) is 8.22. The van der Waals surface area contributed by atoms with E-state index in [2.05, 4.69) is 15.7 Å². The lowest BCUT2D eigenvalue weighted by Gasteiger charge is -2.28. The van der Waals surface area contributed by atoms with Gasteiger partial charge in [0, 0.05) is 48.2 Å². The molecule has 0 spiro atoms. The van der Waals surface area contributed by atoms with Crippen LogP contribution in [-0.2, 0) is 13.6 Å². The summed E-state index contributed by atoms with van der Waals surface area (Å²) in [5.74, 6) is -0.0168. The molecule has 2 aromatic heterocycles. The largest absolute Gasteiger partial charge is 0.481 e. The van der Waals surface area contributed by atoms with Gasteiger partial charge in [-0.05, 0) is 49.1 Å². The minimum absolute atomic E-state index is 0.00548. The highest BCUT2D eigenvalue weighted by Crippen LogP contribution is 2.39. The van der Waals surface area contributed by atoms with Crippen molar-refractivity contribution in [2.75, 3.05) is 12.4 Å². The quantitative estimate of drug-likeness (QED) is 0.262. The maximum absolute atomic E-state index is 12.9. The molecule has 4 aromatic rings. The summed E-state index contributed by atoms with van der Waals surface area (Å²) < 4.78 is 6.75. The Hall–Kier alpha value is -4.05. The molecule has 1 amide bonds. The van der Waals surface area contributed by atoms with Crippen molar-refractivity contribution in [2.24, 2.45) is 7.05 Å². The van der Waals surface area contributed by atoms with E-state index in [-0.39, 0.29) is 17.7 Å². The maximum Gasteiger partial charge on any atom is 0.279 e. The van der Waals surface area contributed by atoms with Crippen LogP contribution >= 0.6 is 11.6 Å². The lowest BCUT2D eigenvalue weighted by Crippen LogP contribution is -2.41. The van der Waals surface area contributed by atoms with Crippen molar-refractivity contribution >= 4 is 23.2 Å². The Balaban J connectivity index is 1.41. The normalized spacial score (nSPS) is 16.7. The lowest BCUT2D eigenvalue weighted by molar-refractivity contribution is 0.0901. The third kappa shape index (κ3) is 6.09. The molecule has 0 radical (unpaired) electrons. The molecule has 42 heavy (non-hydrogen) atoms. The molecule has 10 heteroatoms. The highest BCUT2D eigenvalue weighted by molar-refractivity contribution is 6.36. The number of carbonyl (C=O) groups is 1. The SMILES string of the molecule is COc1nc(-c2cccc(-c3cccc(NC(=O)c4ccnn(C)c4=O)c3C)c2Cl)ccc1CNC1CCCC[C@@H]1O. The van der Waals surface area contributed by atoms with E-state index in [9.17, 15) is 14.7 Å². The van der Waals surface area contributed by atoms with Gasteiger partial charge < -0.3 is 20.5 Å². The van der Waals surface area contributed by atoms with Crippen LogP contribution in [-0.4, -0.2) is 45.0 Å². The first-order valence-electron chi connectivity index (χ1n) is 14.0. The summed E-state index contributed by atoms with van der Waals surface area (Å²) in [6, 6.07) is 16.6. The van der Waals surface area contributed by atoms with E-state index in [0.717, 1.165) is 58.2 Å². The first-order chi connectivity index (χ1) is 20.3. The number of ether oxygens (including phenoxy) is 1. The second-order valence-electron chi connectivity index (χ2n) is 10.5. The van der Waals surface area contributed by atoms with Gasteiger partial charge in [-0.25, -0.2) is 9.67 Å². The van der Waals surface area contributed by atoms with Gasteiger partial charge in [0.2, 0.25) is 5.88 Å². The van der Waals surface area contributed by atoms with E-state index in [1.165, 1.54) is 19.3 Å². The van der Waals surface area contributed by atoms with Gasteiger partial charge in [0.25, 0.3) is 11.5 Å². The van der Waals surface area contributed by atoms with Crippen molar-refractivity contribution in [3.63, 3.8) is 0 Å². The first-order valence-corrected chi connectivity index (χ1v) is 14.3. The second kappa shape index (κ2) is 12.9. The summed E-state index contributed by atoms with van der Waals surface area (Å²) in [4.78, 5) is 30.1. The molecule has 2 aromatic carbocycles. The molecule has 1 fully saturated rings. The van der Waals surface area contributed by atoms with Gasteiger partial charge in [-0.2, -0.15) is 5.10 Å². The number of anilines is 1. The Morgan fingerprint density at radius 2 is 1.81 bits per heavy atom. The smallest absolute Gasteiger partial charge is 0.279 e. The van der Waals surface area contributed by atoms with Gasteiger partial charge in [0.1, 0.15) is 5.56 Å². The predicted octanol–water partition coefficient (Wildman–Crippen LogP) is 5.13. The van der Waals surface area contributed by atoms with Crippen molar-refractivity contribution in [1.82, 2.24) is 20.1 Å². The number of hydrogen-bond acceptors (Lipinski definition) is 7. The van der Waals surface area contributed by atoms with E-state index >= 15 is 0 Å². The molecule has 1 aliphatic rings. The Morgan fingerprint density at radius 3 is 2.60 bits per heavy atom. The van der Waals surface area contributed by atoms with Crippen molar-refractivity contribution in [2.45, 2.75) is 51.3 Å². The summed E-state index contributed by atoms with van der Waals surface area (Å²) in [7, 11) is 3.09. The van der Waals surface area contributed by atoms with Crippen LogP contribution in [0.3, 0.4) is 0 Å². The molecule has 1 aliphatic carbocycles. The zero-order valence-corrected chi connectivity index (χ0v) is 24.6. The van der Waals surface area contributed by atoms with Crippen LogP contribution in [0.25, 0.3) is 22.4 Å². The number of aromatic nitrogens is 3. The van der Waals surface area contributed by atoms with E-state index in [0.29, 0.717) is 28.8 Å². The zero-order valence-electron chi connectivity index (χ0n) is 23.9. The molecule has 218 valence electrons. The number of nitrogens with one attached hydrogen (secondary N) is 2. The molecule has 5 rings (SSSR count). The van der Waals surface area contributed by atoms with E-state index in [1.807, 2.05) is 49.4 Å². The van der Waals surface area contributed by atoms with Crippen LogP contribution in [0.5, 0.6) is 5.88 Å². The maximum atomic E-state index is 12.9. The lowest BCUT2D eigenvalue weighted by atomic mass is 9.92. The number of halogens is 1. The Bertz CT molecular complexity index is 1670. The highest BCUT2D eigenvalue weighted by atomic mass is 35.5. The van der Waals surface area contributed by atoms with Gasteiger partial charge in [-0.15, -0.1) is 0 Å². The number of pyridine rings is 1. The fourth-order valence-electron chi connectivity index (χ4n) is 5.39. The Labute approximate surface area is 249 Å². The summed E-state index contributed by atoms with van der Waals surface area (Å²) in [6.07, 6.45) is 5.01. The Morgan fingerprint density at radius 1 is 1.07 bits per heavy atom. The highest BCUT2D eigenvalue weighted by Gasteiger charge is 2.23. The topological polar surface area (TPSA) is 118 Å². The molecular formula is C32H34ClN5O4. The molecule has 3 N–H and O–H groups in total. The molecule has 2 atom stereocenters. The number of carbonyl (C=O) groups excluding carboxylic acids is 1. The van der Waals surface area contributed by atoms with E-state index in [1.54, 1.807) is 13.2 Å². The van der Waals surface area contributed by atoms with Gasteiger partial charge in [0.05, 0.1) is 23.9 Å². The number of aryl methyl sites for hydroxylation is 1. The number of aliphatic hydroxyl groups is 1. The molecule has 0 saturated heterocycles. The zero-order chi connectivity index (χ0) is 29.8. The number of amides is 1. The van der Waals surface area contributed by atoms with Crippen LogP contribution in [0.4, 0.5) is 5.69 Å². The summed E-state index contributed by atoms with van der Waals surface area (Å²) in [6.45, 7) is 2.43. The van der Waals surface area contributed by atoms with Gasteiger partial charge in [-0.3, -0.25) is 9.59 Å². The molecular weight excluding hydrogens is 554 g/mol. The number of methoxy groups -OCH3 is 1. The van der Waals surface area contributed by atoms with Crippen molar-refractivity contribution < 1.29 is 14.6 Å². The number of benzene rings is 2. The standard InChI is InChI=1S/C32H34ClN5O4/c1-19-21(8-7-12-25(19)36-30(40)24-16-17-35-38(2)32(24)41)22-9-6-10-23(29(22)33)26-15-14-20(31(37-26)42-3)18-34-27-11-4-5-13-28(27)39/h6-10,12,14-17,27-28,34,39H,4-5,11,13,18H2,1-3H3,(H,36,40)/t27?,28-/m0/s1. The molecule has 0 bridgehead atoms. The number of aliphatic hydroxyl groups excluding tert-OH is 1. The minimum Gasteiger partial charge on any atom is -0.481 e. The summed E-state index contributed by atoms with van der Waals surface area (Å²) in [5, 5.41) is 21.0.